The highest BCUT2D eigenvalue weighted by Crippen LogP contribution is 2.31. The molecule has 0 saturated heterocycles. The van der Waals surface area contributed by atoms with E-state index in [2.05, 4.69) is 17.4 Å². The minimum absolute atomic E-state index is 0.197. The van der Waals surface area contributed by atoms with Gasteiger partial charge in [-0.15, -0.1) is 0 Å². The van der Waals surface area contributed by atoms with E-state index in [1.165, 1.54) is 17.7 Å². The smallest absolute Gasteiger partial charge is 0.123 e. The van der Waals surface area contributed by atoms with Crippen molar-refractivity contribution in [2.24, 2.45) is 0 Å². The van der Waals surface area contributed by atoms with Crippen LogP contribution < -0.4 is 10.1 Å². The first-order valence-corrected chi connectivity index (χ1v) is 7.20. The molecule has 0 saturated carbocycles. The van der Waals surface area contributed by atoms with Crippen LogP contribution >= 0.6 is 0 Å². The molecular weight excluding hydrogens is 265 g/mol. The number of methoxy groups -OCH3 is 1. The average Bonchev–Trinajstić information content (AvgIpc) is 2.49. The van der Waals surface area contributed by atoms with Crippen molar-refractivity contribution in [3.8, 4) is 5.75 Å². The molecule has 3 heteroatoms. The third-order valence-electron chi connectivity index (χ3n) is 3.78. The second-order valence-corrected chi connectivity index (χ2v) is 5.23. The van der Waals surface area contributed by atoms with E-state index >= 15 is 0 Å². The average molecular weight is 287 g/mol. The second-order valence-electron chi connectivity index (χ2n) is 5.23. The maximum atomic E-state index is 13.1. The Bertz CT molecular complexity index is 580. The zero-order chi connectivity index (χ0) is 15.2. The SMILES string of the molecule is CNCCC(c1ccc(F)cc1)c1ccc(OC)c(C)c1. The fourth-order valence-corrected chi connectivity index (χ4v) is 2.63. The summed E-state index contributed by atoms with van der Waals surface area (Å²) >= 11 is 0. The Morgan fingerprint density at radius 3 is 2.33 bits per heavy atom. The van der Waals surface area contributed by atoms with Crippen molar-refractivity contribution in [3.05, 3.63) is 65.0 Å². The standard InChI is InChI=1S/C18H22FNO/c1-13-12-15(6-9-18(13)21-3)17(10-11-20-2)14-4-7-16(19)8-5-14/h4-9,12,17,20H,10-11H2,1-3H3. The van der Waals surface area contributed by atoms with Gasteiger partial charge < -0.3 is 10.1 Å². The summed E-state index contributed by atoms with van der Waals surface area (Å²) in [5.41, 5.74) is 3.48. The summed E-state index contributed by atoms with van der Waals surface area (Å²) in [6, 6.07) is 13.0. The van der Waals surface area contributed by atoms with Crippen LogP contribution in [0.1, 0.15) is 29.0 Å². The third-order valence-corrected chi connectivity index (χ3v) is 3.78. The van der Waals surface area contributed by atoms with Crippen LogP contribution in [0.3, 0.4) is 0 Å². The molecule has 2 aromatic rings. The van der Waals surface area contributed by atoms with Crippen LogP contribution in [0.5, 0.6) is 5.75 Å². The van der Waals surface area contributed by atoms with Gasteiger partial charge in [0.25, 0.3) is 0 Å². The van der Waals surface area contributed by atoms with Crippen molar-refractivity contribution < 1.29 is 9.13 Å². The molecule has 2 aromatic carbocycles. The number of aryl methyl sites for hydroxylation is 1. The van der Waals surface area contributed by atoms with Gasteiger partial charge in [-0.3, -0.25) is 0 Å². The first-order valence-electron chi connectivity index (χ1n) is 7.20. The highest BCUT2D eigenvalue weighted by atomic mass is 19.1. The maximum absolute atomic E-state index is 13.1. The van der Waals surface area contributed by atoms with Crippen molar-refractivity contribution in [3.63, 3.8) is 0 Å². The molecule has 0 amide bonds. The molecule has 0 aromatic heterocycles. The van der Waals surface area contributed by atoms with Gasteiger partial charge in [-0.05, 0) is 61.8 Å². The highest BCUT2D eigenvalue weighted by Gasteiger charge is 2.15. The molecule has 0 aliphatic heterocycles. The Labute approximate surface area is 126 Å². The van der Waals surface area contributed by atoms with Crippen LogP contribution in [-0.2, 0) is 0 Å². The molecule has 0 radical (unpaired) electrons. The molecule has 21 heavy (non-hydrogen) atoms. The van der Waals surface area contributed by atoms with Crippen LogP contribution in [0.25, 0.3) is 0 Å². The monoisotopic (exact) mass is 287 g/mol. The van der Waals surface area contributed by atoms with Crippen molar-refractivity contribution in [2.75, 3.05) is 20.7 Å². The third kappa shape index (κ3) is 3.82. The predicted octanol–water partition coefficient (Wildman–Crippen LogP) is 3.88. The van der Waals surface area contributed by atoms with E-state index in [1.54, 1.807) is 7.11 Å². The van der Waals surface area contributed by atoms with E-state index < -0.39 is 0 Å². The van der Waals surface area contributed by atoms with E-state index in [-0.39, 0.29) is 11.7 Å². The Morgan fingerprint density at radius 1 is 1.10 bits per heavy atom. The van der Waals surface area contributed by atoms with Gasteiger partial charge in [0.15, 0.2) is 0 Å². The number of halogens is 1. The number of benzene rings is 2. The van der Waals surface area contributed by atoms with Crippen LogP contribution in [-0.4, -0.2) is 20.7 Å². The van der Waals surface area contributed by atoms with Crippen LogP contribution in [0.2, 0.25) is 0 Å². The van der Waals surface area contributed by atoms with E-state index in [4.69, 9.17) is 4.74 Å². The molecular formula is C18H22FNO. The fraction of sp³-hybridized carbons (Fsp3) is 0.333. The molecule has 2 nitrogen and oxygen atoms in total. The normalized spacial score (nSPS) is 12.2. The van der Waals surface area contributed by atoms with Gasteiger partial charge in [0.1, 0.15) is 11.6 Å². The van der Waals surface area contributed by atoms with Gasteiger partial charge >= 0.3 is 0 Å². The quantitative estimate of drug-likeness (QED) is 0.870. The van der Waals surface area contributed by atoms with E-state index in [0.717, 1.165) is 29.8 Å². The Balaban J connectivity index is 2.35. The Kier molecular flexibility index (Phi) is 5.34. The van der Waals surface area contributed by atoms with Crippen molar-refractivity contribution >= 4 is 0 Å². The molecule has 2 rings (SSSR count). The van der Waals surface area contributed by atoms with Gasteiger partial charge in [0, 0.05) is 5.92 Å². The molecule has 0 aliphatic rings. The van der Waals surface area contributed by atoms with Crippen molar-refractivity contribution in [2.45, 2.75) is 19.3 Å². The summed E-state index contributed by atoms with van der Waals surface area (Å²) < 4.78 is 18.5. The second kappa shape index (κ2) is 7.23. The molecule has 0 fully saturated rings. The largest absolute Gasteiger partial charge is 0.496 e. The molecule has 1 atom stereocenters. The molecule has 0 bridgehead atoms. The summed E-state index contributed by atoms with van der Waals surface area (Å²) in [5.74, 6) is 0.949. The van der Waals surface area contributed by atoms with E-state index in [1.807, 2.05) is 32.2 Å². The van der Waals surface area contributed by atoms with Gasteiger partial charge in [-0.25, -0.2) is 4.39 Å². The van der Waals surface area contributed by atoms with Gasteiger partial charge in [0.05, 0.1) is 7.11 Å². The summed E-state index contributed by atoms with van der Waals surface area (Å²) in [7, 11) is 3.63. The number of ether oxygens (including phenoxy) is 1. The predicted molar refractivity (Wildman–Crippen MR) is 84.5 cm³/mol. The van der Waals surface area contributed by atoms with E-state index in [9.17, 15) is 4.39 Å². The molecule has 1 unspecified atom stereocenters. The lowest BCUT2D eigenvalue weighted by molar-refractivity contribution is 0.411. The number of rotatable bonds is 6. The fourth-order valence-electron chi connectivity index (χ4n) is 2.63. The summed E-state index contributed by atoms with van der Waals surface area (Å²) in [6.07, 6.45) is 0.966. The summed E-state index contributed by atoms with van der Waals surface area (Å²) in [5, 5.41) is 3.19. The topological polar surface area (TPSA) is 21.3 Å². The van der Waals surface area contributed by atoms with Crippen molar-refractivity contribution in [1.29, 1.82) is 0 Å². The van der Waals surface area contributed by atoms with Gasteiger partial charge in [-0.1, -0.05) is 24.3 Å². The van der Waals surface area contributed by atoms with E-state index in [0.29, 0.717) is 0 Å². The van der Waals surface area contributed by atoms with Crippen LogP contribution in [0.15, 0.2) is 42.5 Å². The minimum atomic E-state index is -0.197. The van der Waals surface area contributed by atoms with Gasteiger partial charge in [-0.2, -0.15) is 0 Å². The molecule has 1 N–H and O–H groups in total. The Hall–Kier alpha value is -1.87. The zero-order valence-electron chi connectivity index (χ0n) is 12.8. The first kappa shape index (κ1) is 15.5. The summed E-state index contributed by atoms with van der Waals surface area (Å²) in [4.78, 5) is 0. The molecule has 0 heterocycles. The number of hydrogen-bond donors (Lipinski definition) is 1. The minimum Gasteiger partial charge on any atom is -0.496 e. The zero-order valence-corrected chi connectivity index (χ0v) is 12.8. The number of nitrogens with one attached hydrogen (secondary N) is 1. The lowest BCUT2D eigenvalue weighted by Gasteiger charge is -2.19. The molecule has 0 spiro atoms. The van der Waals surface area contributed by atoms with Crippen LogP contribution in [0, 0.1) is 12.7 Å². The molecule has 0 aliphatic carbocycles. The maximum Gasteiger partial charge on any atom is 0.123 e. The van der Waals surface area contributed by atoms with Crippen molar-refractivity contribution in [1.82, 2.24) is 5.32 Å². The molecule has 112 valence electrons. The Morgan fingerprint density at radius 2 is 1.76 bits per heavy atom. The lowest BCUT2D eigenvalue weighted by Crippen LogP contribution is -2.13. The number of hydrogen-bond acceptors (Lipinski definition) is 2. The highest BCUT2D eigenvalue weighted by molar-refractivity contribution is 5.41. The van der Waals surface area contributed by atoms with Crippen LogP contribution in [0.4, 0.5) is 4.39 Å². The first-order chi connectivity index (χ1) is 10.2. The summed E-state index contributed by atoms with van der Waals surface area (Å²) in [6.45, 7) is 2.95. The lowest BCUT2D eigenvalue weighted by atomic mass is 9.87. The van der Waals surface area contributed by atoms with Gasteiger partial charge in [0.2, 0.25) is 0 Å².